The Hall–Kier alpha value is -1.53. The van der Waals surface area contributed by atoms with Gasteiger partial charge in [0.05, 0.1) is 18.1 Å². The van der Waals surface area contributed by atoms with Crippen LogP contribution in [0.25, 0.3) is 0 Å². The van der Waals surface area contributed by atoms with Crippen molar-refractivity contribution < 1.29 is 9.84 Å². The summed E-state index contributed by atoms with van der Waals surface area (Å²) in [5.41, 5.74) is 0.0650. The molecule has 1 aromatic rings. The first-order valence-electron chi connectivity index (χ1n) is 7.44. The van der Waals surface area contributed by atoms with Crippen molar-refractivity contribution in [1.29, 1.82) is 5.26 Å². The van der Waals surface area contributed by atoms with Crippen LogP contribution in [0.2, 0.25) is 0 Å². The quantitative estimate of drug-likeness (QED) is 0.906. The summed E-state index contributed by atoms with van der Waals surface area (Å²) in [4.78, 5) is 0. The van der Waals surface area contributed by atoms with Crippen LogP contribution in [0.3, 0.4) is 0 Å². The van der Waals surface area contributed by atoms with Crippen LogP contribution >= 0.6 is 0 Å². The van der Waals surface area contributed by atoms with Gasteiger partial charge < -0.3 is 9.84 Å². The minimum absolute atomic E-state index is 0.484. The molecule has 0 radical (unpaired) electrons. The second-order valence-electron chi connectivity index (χ2n) is 5.84. The van der Waals surface area contributed by atoms with Crippen molar-refractivity contribution >= 4 is 0 Å². The lowest BCUT2D eigenvalue weighted by Crippen LogP contribution is -2.33. The lowest BCUT2D eigenvalue weighted by molar-refractivity contribution is 0.0201. The molecule has 1 aliphatic rings. The summed E-state index contributed by atoms with van der Waals surface area (Å²) >= 11 is 0. The number of ether oxygens (including phenoxy) is 1. The zero-order valence-corrected chi connectivity index (χ0v) is 12.3. The Bertz CT molecular complexity index is 494. The lowest BCUT2D eigenvalue weighted by atomic mass is 9.66. The summed E-state index contributed by atoms with van der Waals surface area (Å²) in [6.07, 6.45) is 2.88. The first-order valence-corrected chi connectivity index (χ1v) is 7.44. The van der Waals surface area contributed by atoms with E-state index in [1.807, 2.05) is 31.2 Å². The molecule has 3 atom stereocenters. The number of para-hydroxylation sites is 1. The third-order valence-electron chi connectivity index (χ3n) is 4.29. The molecule has 0 aliphatic heterocycles. The van der Waals surface area contributed by atoms with Crippen molar-refractivity contribution in [2.24, 2.45) is 11.3 Å². The number of aliphatic hydroxyl groups excluding tert-OH is 1. The normalized spacial score (nSPS) is 27.6. The predicted molar refractivity (Wildman–Crippen MR) is 78.2 cm³/mol. The highest BCUT2D eigenvalue weighted by atomic mass is 16.5. The van der Waals surface area contributed by atoms with Gasteiger partial charge in [-0.3, -0.25) is 0 Å². The minimum atomic E-state index is -0.780. The molecule has 1 aliphatic carbocycles. The Morgan fingerprint density at radius 3 is 2.90 bits per heavy atom. The molecule has 1 N–H and O–H groups in total. The summed E-state index contributed by atoms with van der Waals surface area (Å²) in [6.45, 7) is 4.64. The fourth-order valence-electron chi connectivity index (χ4n) is 3.29. The van der Waals surface area contributed by atoms with Crippen LogP contribution in [0.5, 0.6) is 5.75 Å². The molecule has 0 amide bonds. The zero-order valence-electron chi connectivity index (χ0n) is 12.3. The monoisotopic (exact) mass is 273 g/mol. The van der Waals surface area contributed by atoms with Gasteiger partial charge in [0, 0.05) is 5.56 Å². The van der Waals surface area contributed by atoms with E-state index < -0.39 is 11.5 Å². The van der Waals surface area contributed by atoms with Crippen LogP contribution in [0.15, 0.2) is 24.3 Å². The maximum Gasteiger partial charge on any atom is 0.125 e. The standard InChI is InChI=1S/C17H23NO2/c1-3-20-15-9-5-4-8-14(15)16(19)17(12-18)10-6-7-13(2)11-17/h4-5,8-9,13,16,19H,3,6-7,10-11H2,1-2H3. The van der Waals surface area contributed by atoms with Gasteiger partial charge in [-0.2, -0.15) is 5.26 Å². The molecule has 0 heterocycles. The van der Waals surface area contributed by atoms with E-state index in [0.717, 1.165) is 31.2 Å². The first-order chi connectivity index (χ1) is 9.63. The van der Waals surface area contributed by atoms with Crippen molar-refractivity contribution in [3.05, 3.63) is 29.8 Å². The molecule has 3 heteroatoms. The van der Waals surface area contributed by atoms with Gasteiger partial charge in [0.15, 0.2) is 0 Å². The number of nitrogens with zero attached hydrogens (tertiary/aromatic N) is 1. The number of aliphatic hydroxyl groups is 1. The highest BCUT2D eigenvalue weighted by Gasteiger charge is 2.43. The van der Waals surface area contributed by atoms with Gasteiger partial charge in [0.1, 0.15) is 11.9 Å². The highest BCUT2D eigenvalue weighted by molar-refractivity contribution is 5.37. The van der Waals surface area contributed by atoms with Crippen LogP contribution in [0.1, 0.15) is 51.2 Å². The SMILES string of the molecule is CCOc1ccccc1C(O)C1(C#N)CCCC(C)C1. The van der Waals surface area contributed by atoms with Crippen LogP contribution in [-0.4, -0.2) is 11.7 Å². The maximum atomic E-state index is 10.8. The molecule has 3 unspecified atom stereocenters. The molecule has 108 valence electrons. The Morgan fingerprint density at radius 2 is 2.25 bits per heavy atom. The molecule has 1 aromatic carbocycles. The molecule has 3 nitrogen and oxygen atoms in total. The largest absolute Gasteiger partial charge is 0.493 e. The summed E-state index contributed by atoms with van der Waals surface area (Å²) < 4.78 is 5.60. The Labute approximate surface area is 121 Å². The molecular formula is C17H23NO2. The van der Waals surface area contributed by atoms with E-state index in [1.165, 1.54) is 0 Å². The van der Waals surface area contributed by atoms with Gasteiger partial charge in [0.25, 0.3) is 0 Å². The van der Waals surface area contributed by atoms with Crippen molar-refractivity contribution in [3.8, 4) is 11.8 Å². The third kappa shape index (κ3) is 2.81. The molecular weight excluding hydrogens is 250 g/mol. The first kappa shape index (κ1) is 14.9. The smallest absolute Gasteiger partial charge is 0.125 e. The van der Waals surface area contributed by atoms with Crippen LogP contribution in [0, 0.1) is 22.7 Å². The number of rotatable bonds is 4. The summed E-state index contributed by atoms with van der Waals surface area (Å²) in [6, 6.07) is 9.92. The molecule has 1 saturated carbocycles. The number of nitriles is 1. The molecule has 0 saturated heterocycles. The van der Waals surface area contributed by atoms with Crippen molar-refractivity contribution in [2.45, 2.75) is 45.6 Å². The summed E-state index contributed by atoms with van der Waals surface area (Å²) in [7, 11) is 0. The van der Waals surface area contributed by atoms with E-state index in [1.54, 1.807) is 0 Å². The van der Waals surface area contributed by atoms with Gasteiger partial charge in [-0.05, 0) is 31.7 Å². The molecule has 0 bridgehead atoms. The average molecular weight is 273 g/mol. The predicted octanol–water partition coefficient (Wildman–Crippen LogP) is 3.84. The van der Waals surface area contributed by atoms with Crippen molar-refractivity contribution in [1.82, 2.24) is 0 Å². The van der Waals surface area contributed by atoms with Gasteiger partial charge in [0.2, 0.25) is 0 Å². The van der Waals surface area contributed by atoms with Gasteiger partial charge in [-0.15, -0.1) is 0 Å². The molecule has 0 spiro atoms. The Kier molecular flexibility index (Phi) is 4.67. The summed E-state index contributed by atoms with van der Waals surface area (Å²) in [5, 5.41) is 20.5. The number of benzene rings is 1. The number of hydrogen-bond acceptors (Lipinski definition) is 3. The number of hydrogen-bond donors (Lipinski definition) is 1. The van der Waals surface area contributed by atoms with E-state index in [9.17, 15) is 10.4 Å². The highest BCUT2D eigenvalue weighted by Crippen LogP contribution is 2.49. The molecule has 1 fully saturated rings. The minimum Gasteiger partial charge on any atom is -0.493 e. The fraction of sp³-hybridized carbons (Fsp3) is 0.588. The van der Waals surface area contributed by atoms with Crippen molar-refractivity contribution in [3.63, 3.8) is 0 Å². The Balaban J connectivity index is 2.34. The fourth-order valence-corrected chi connectivity index (χ4v) is 3.29. The third-order valence-corrected chi connectivity index (χ3v) is 4.29. The molecule has 20 heavy (non-hydrogen) atoms. The van der Waals surface area contributed by atoms with Gasteiger partial charge in [-0.25, -0.2) is 0 Å². The average Bonchev–Trinajstić information content (AvgIpc) is 2.47. The van der Waals surface area contributed by atoms with E-state index in [2.05, 4.69) is 13.0 Å². The Morgan fingerprint density at radius 1 is 1.50 bits per heavy atom. The molecule has 0 aromatic heterocycles. The maximum absolute atomic E-state index is 10.8. The zero-order chi connectivity index (χ0) is 14.6. The topological polar surface area (TPSA) is 53.2 Å². The van der Waals surface area contributed by atoms with Gasteiger partial charge in [-0.1, -0.05) is 38.0 Å². The second-order valence-corrected chi connectivity index (χ2v) is 5.84. The lowest BCUT2D eigenvalue weighted by Gasteiger charge is -2.38. The van der Waals surface area contributed by atoms with Crippen LogP contribution < -0.4 is 4.74 Å². The van der Waals surface area contributed by atoms with E-state index >= 15 is 0 Å². The van der Waals surface area contributed by atoms with Crippen LogP contribution in [-0.2, 0) is 0 Å². The van der Waals surface area contributed by atoms with E-state index in [4.69, 9.17) is 4.74 Å². The molecule has 2 rings (SSSR count). The second kappa shape index (κ2) is 6.28. The summed E-state index contributed by atoms with van der Waals surface area (Å²) in [5.74, 6) is 1.17. The van der Waals surface area contributed by atoms with Gasteiger partial charge >= 0.3 is 0 Å². The van der Waals surface area contributed by atoms with Crippen LogP contribution in [0.4, 0.5) is 0 Å². The van der Waals surface area contributed by atoms with E-state index in [-0.39, 0.29) is 0 Å². The van der Waals surface area contributed by atoms with E-state index in [0.29, 0.717) is 18.3 Å². The van der Waals surface area contributed by atoms with Crippen molar-refractivity contribution in [2.75, 3.05) is 6.61 Å².